The van der Waals surface area contributed by atoms with Crippen molar-refractivity contribution in [1.29, 1.82) is 0 Å². The van der Waals surface area contributed by atoms with Gasteiger partial charge in [-0.05, 0) is 42.8 Å². The Morgan fingerprint density at radius 2 is 1.89 bits per heavy atom. The van der Waals surface area contributed by atoms with E-state index in [1.807, 2.05) is 36.4 Å². The Morgan fingerprint density at radius 3 is 2.65 bits per heavy atom. The van der Waals surface area contributed by atoms with Crippen molar-refractivity contribution >= 4 is 11.7 Å². The molecule has 5 rings (SSSR count). The number of hydrogen-bond acceptors (Lipinski definition) is 8. The molecule has 192 valence electrons. The van der Waals surface area contributed by atoms with Crippen LogP contribution in [0.15, 0.2) is 78.2 Å². The van der Waals surface area contributed by atoms with Crippen LogP contribution in [0.1, 0.15) is 30.7 Å². The minimum absolute atomic E-state index is 0.0751. The van der Waals surface area contributed by atoms with Crippen LogP contribution in [-0.2, 0) is 6.54 Å². The number of benzene rings is 1. The largest absolute Gasteiger partial charge is 0.368 e. The summed E-state index contributed by atoms with van der Waals surface area (Å²) in [6, 6.07) is 14.0. The normalized spacial score (nSPS) is 22.7. The topological polar surface area (TPSA) is 89.8 Å². The summed E-state index contributed by atoms with van der Waals surface area (Å²) in [7, 11) is 2.17. The fourth-order valence-electron chi connectivity index (χ4n) is 4.71. The van der Waals surface area contributed by atoms with Crippen molar-refractivity contribution in [1.82, 2.24) is 24.8 Å². The third-order valence-electron chi connectivity index (χ3n) is 7.15. The number of pyridine rings is 1. The van der Waals surface area contributed by atoms with E-state index >= 15 is 0 Å². The summed E-state index contributed by atoms with van der Waals surface area (Å²) >= 11 is 0. The number of aliphatic hydroxyl groups excluding tert-OH is 1. The second-order valence-corrected chi connectivity index (χ2v) is 10.00. The molecule has 1 aromatic carbocycles. The molecule has 37 heavy (non-hydrogen) atoms. The third kappa shape index (κ3) is 6.65. The summed E-state index contributed by atoms with van der Waals surface area (Å²) < 4.78 is 0. The smallest absolute Gasteiger partial charge is 0.223 e. The summed E-state index contributed by atoms with van der Waals surface area (Å²) in [5.41, 5.74) is 4.69. The lowest BCUT2D eigenvalue weighted by Gasteiger charge is -2.32. The van der Waals surface area contributed by atoms with Crippen LogP contribution in [-0.4, -0.2) is 74.8 Å². The molecule has 8 nitrogen and oxygen atoms in total. The standard InChI is InChI=1S/C29H35N7O/c1-21-5-10-25(18-27(21)34-29-31-13-11-26(33-29)24-4-3-12-30-19-24)32-28(37)23-8-6-22(7-9-23)20-36-16-14-35(2)15-17-36/h3-13,19,21,27-28,37H,14-18,20H2,1-2H3,(H,31,33,34). The molecule has 0 bridgehead atoms. The van der Waals surface area contributed by atoms with Gasteiger partial charge in [-0.3, -0.25) is 14.9 Å². The zero-order valence-corrected chi connectivity index (χ0v) is 21.5. The molecule has 1 aliphatic carbocycles. The van der Waals surface area contributed by atoms with Gasteiger partial charge in [-0.25, -0.2) is 9.97 Å². The minimum Gasteiger partial charge on any atom is -0.368 e. The van der Waals surface area contributed by atoms with Gasteiger partial charge in [0.05, 0.1) is 5.69 Å². The van der Waals surface area contributed by atoms with Crippen molar-refractivity contribution < 1.29 is 5.11 Å². The van der Waals surface area contributed by atoms with Gasteiger partial charge in [0.1, 0.15) is 0 Å². The van der Waals surface area contributed by atoms with E-state index in [9.17, 15) is 5.11 Å². The Kier molecular flexibility index (Phi) is 7.99. The molecule has 0 saturated carbocycles. The summed E-state index contributed by atoms with van der Waals surface area (Å²) in [5.74, 6) is 0.847. The molecule has 3 aromatic rings. The number of hydrogen-bond donors (Lipinski definition) is 2. The average molecular weight is 498 g/mol. The van der Waals surface area contributed by atoms with E-state index in [4.69, 9.17) is 0 Å². The zero-order chi connectivity index (χ0) is 25.6. The Morgan fingerprint density at radius 1 is 1.08 bits per heavy atom. The molecule has 1 aliphatic heterocycles. The van der Waals surface area contributed by atoms with Gasteiger partial charge in [0.25, 0.3) is 0 Å². The van der Waals surface area contributed by atoms with Crippen LogP contribution in [0.2, 0.25) is 0 Å². The van der Waals surface area contributed by atoms with Crippen LogP contribution in [0.5, 0.6) is 0 Å². The fraction of sp³-hybridized carbons (Fsp3) is 0.379. The Hall–Kier alpha value is -3.46. The number of anilines is 1. The molecular formula is C29H35N7O. The summed E-state index contributed by atoms with van der Waals surface area (Å²) in [4.78, 5) is 22.7. The maximum atomic E-state index is 10.8. The van der Waals surface area contributed by atoms with Crippen molar-refractivity contribution in [3.8, 4) is 11.3 Å². The molecule has 2 aliphatic rings. The van der Waals surface area contributed by atoms with Gasteiger partial charge in [-0.15, -0.1) is 0 Å². The van der Waals surface area contributed by atoms with Crippen LogP contribution in [0.3, 0.4) is 0 Å². The first-order chi connectivity index (χ1) is 18.0. The molecule has 8 heteroatoms. The van der Waals surface area contributed by atoms with Crippen molar-refractivity contribution in [2.24, 2.45) is 10.9 Å². The number of nitrogens with zero attached hydrogens (tertiary/aromatic N) is 6. The maximum absolute atomic E-state index is 10.8. The van der Waals surface area contributed by atoms with Gasteiger partial charge in [-0.2, -0.15) is 0 Å². The van der Waals surface area contributed by atoms with Gasteiger partial charge in [-0.1, -0.05) is 37.3 Å². The van der Waals surface area contributed by atoms with Gasteiger partial charge in [0, 0.05) is 80.6 Å². The quantitative estimate of drug-likeness (QED) is 0.513. The van der Waals surface area contributed by atoms with Gasteiger partial charge in [0.2, 0.25) is 5.95 Å². The number of aliphatic hydroxyl groups is 1. The molecule has 3 unspecified atom stereocenters. The molecule has 0 radical (unpaired) electrons. The number of piperazine rings is 1. The second-order valence-electron chi connectivity index (χ2n) is 10.00. The molecule has 0 amide bonds. The molecule has 3 heterocycles. The monoisotopic (exact) mass is 497 g/mol. The van der Waals surface area contributed by atoms with E-state index in [1.165, 1.54) is 5.56 Å². The fourth-order valence-corrected chi connectivity index (χ4v) is 4.71. The lowest BCUT2D eigenvalue weighted by atomic mass is 9.90. The highest BCUT2D eigenvalue weighted by Crippen LogP contribution is 2.24. The highest BCUT2D eigenvalue weighted by atomic mass is 16.3. The highest BCUT2D eigenvalue weighted by Gasteiger charge is 2.23. The number of nitrogens with one attached hydrogen (secondary N) is 1. The van der Waals surface area contributed by atoms with E-state index in [0.29, 0.717) is 12.4 Å². The zero-order valence-electron chi connectivity index (χ0n) is 21.5. The third-order valence-corrected chi connectivity index (χ3v) is 7.15. The van der Waals surface area contributed by atoms with Crippen molar-refractivity contribution in [2.75, 3.05) is 38.5 Å². The van der Waals surface area contributed by atoms with Gasteiger partial charge >= 0.3 is 0 Å². The first-order valence-corrected chi connectivity index (χ1v) is 13.0. The molecule has 0 spiro atoms. The summed E-state index contributed by atoms with van der Waals surface area (Å²) in [6.07, 6.45) is 9.22. The molecule has 2 aromatic heterocycles. The molecule has 3 atom stereocenters. The van der Waals surface area contributed by atoms with Crippen molar-refractivity contribution in [3.05, 3.63) is 84.3 Å². The number of aliphatic imine (C=N–C) groups is 1. The van der Waals surface area contributed by atoms with E-state index in [0.717, 1.165) is 55.3 Å². The maximum Gasteiger partial charge on any atom is 0.223 e. The Balaban J connectivity index is 1.21. The summed E-state index contributed by atoms with van der Waals surface area (Å²) in [6.45, 7) is 7.50. The first kappa shape index (κ1) is 25.2. The van der Waals surface area contributed by atoms with Gasteiger partial charge < -0.3 is 15.3 Å². The first-order valence-electron chi connectivity index (χ1n) is 13.0. The predicted octanol–water partition coefficient (Wildman–Crippen LogP) is 3.79. The minimum atomic E-state index is -0.892. The van der Waals surface area contributed by atoms with E-state index in [1.54, 1.807) is 18.6 Å². The van der Waals surface area contributed by atoms with Crippen LogP contribution in [0.25, 0.3) is 11.3 Å². The molecule has 1 fully saturated rings. The molecular weight excluding hydrogens is 462 g/mol. The average Bonchev–Trinajstić information content (AvgIpc) is 2.93. The summed E-state index contributed by atoms with van der Waals surface area (Å²) in [5, 5.41) is 14.3. The van der Waals surface area contributed by atoms with Crippen LogP contribution in [0, 0.1) is 5.92 Å². The lowest BCUT2D eigenvalue weighted by Crippen LogP contribution is -2.43. The Bertz CT molecular complexity index is 1220. The SMILES string of the molecule is CC1C=CC(=NC(O)c2ccc(CN3CCN(C)CC3)cc2)CC1Nc1nccc(-c2cccnc2)n1. The number of likely N-dealkylation sites (N-methyl/N-ethyl adjacent to an activating group) is 1. The molecule has 2 N–H and O–H groups in total. The Labute approximate surface area is 218 Å². The van der Waals surface area contributed by atoms with Crippen LogP contribution >= 0.6 is 0 Å². The lowest BCUT2D eigenvalue weighted by molar-refractivity contribution is 0.148. The van der Waals surface area contributed by atoms with E-state index < -0.39 is 6.23 Å². The van der Waals surface area contributed by atoms with Crippen LogP contribution < -0.4 is 5.32 Å². The number of aromatic nitrogens is 3. The molecule has 1 saturated heterocycles. The van der Waals surface area contributed by atoms with Gasteiger partial charge in [0.15, 0.2) is 6.23 Å². The van der Waals surface area contributed by atoms with Crippen LogP contribution in [0.4, 0.5) is 5.95 Å². The number of allylic oxidation sites excluding steroid dienone is 1. The van der Waals surface area contributed by atoms with E-state index in [2.05, 4.69) is 67.2 Å². The van der Waals surface area contributed by atoms with Crippen molar-refractivity contribution in [2.45, 2.75) is 32.2 Å². The second kappa shape index (κ2) is 11.7. The van der Waals surface area contributed by atoms with Crippen molar-refractivity contribution in [3.63, 3.8) is 0 Å². The van der Waals surface area contributed by atoms with E-state index in [-0.39, 0.29) is 12.0 Å². The predicted molar refractivity (Wildman–Crippen MR) is 147 cm³/mol. The number of rotatable bonds is 7. The highest BCUT2D eigenvalue weighted by molar-refractivity contribution is 5.96.